The maximum Gasteiger partial charge on any atom is 0.259 e. The number of ether oxygens (including phenoxy) is 3. The molecule has 2 aliphatic rings. The van der Waals surface area contributed by atoms with Crippen LogP contribution in [0.2, 0.25) is 0 Å². The zero-order chi connectivity index (χ0) is 12.5. The summed E-state index contributed by atoms with van der Waals surface area (Å²) >= 11 is 4.89. The van der Waals surface area contributed by atoms with Gasteiger partial charge < -0.3 is 29.7 Å². The Morgan fingerprint density at radius 2 is 2.41 bits per heavy atom. The Kier molecular flexibility index (Phi) is 3.64. The van der Waals surface area contributed by atoms with Crippen molar-refractivity contribution < 1.29 is 24.4 Å². The van der Waals surface area contributed by atoms with Gasteiger partial charge in [0, 0.05) is 0 Å². The van der Waals surface area contributed by atoms with Crippen LogP contribution in [0.1, 0.15) is 0 Å². The normalized spacial score (nSPS) is 39.6. The van der Waals surface area contributed by atoms with E-state index >= 15 is 0 Å². The lowest BCUT2D eigenvalue weighted by atomic mass is 10.0. The zero-order valence-electron chi connectivity index (χ0n) is 9.17. The SMILES string of the molecule is C=CCOC[C@]12NC(=S)O[C@H]1[C@H](O)[C@H](CO)O2. The van der Waals surface area contributed by atoms with E-state index in [2.05, 4.69) is 11.9 Å². The molecule has 2 heterocycles. The third-order valence-corrected chi connectivity index (χ3v) is 2.99. The van der Waals surface area contributed by atoms with Crippen molar-refractivity contribution in [2.45, 2.75) is 24.0 Å². The molecule has 0 unspecified atom stereocenters. The van der Waals surface area contributed by atoms with Gasteiger partial charge >= 0.3 is 0 Å². The Morgan fingerprint density at radius 3 is 3.06 bits per heavy atom. The van der Waals surface area contributed by atoms with Crippen LogP contribution in [-0.4, -0.2) is 59.2 Å². The molecule has 0 amide bonds. The summed E-state index contributed by atoms with van der Waals surface area (Å²) in [6.45, 7) is 3.75. The second-order valence-electron chi connectivity index (χ2n) is 3.97. The number of rotatable bonds is 5. The first-order valence-electron chi connectivity index (χ1n) is 5.27. The summed E-state index contributed by atoms with van der Waals surface area (Å²) in [6.07, 6.45) is -0.713. The average molecular weight is 261 g/mol. The molecule has 2 saturated heterocycles. The van der Waals surface area contributed by atoms with Gasteiger partial charge in [-0.3, -0.25) is 0 Å². The lowest BCUT2D eigenvalue weighted by Gasteiger charge is -2.25. The lowest BCUT2D eigenvalue weighted by molar-refractivity contribution is -0.118. The summed E-state index contributed by atoms with van der Waals surface area (Å²) in [5.74, 6) is 0. The van der Waals surface area contributed by atoms with Gasteiger partial charge in [-0.15, -0.1) is 6.58 Å². The molecule has 2 fully saturated rings. The maximum absolute atomic E-state index is 9.91. The van der Waals surface area contributed by atoms with Gasteiger partial charge in [0.1, 0.15) is 12.2 Å². The fourth-order valence-electron chi connectivity index (χ4n) is 2.05. The zero-order valence-corrected chi connectivity index (χ0v) is 9.98. The van der Waals surface area contributed by atoms with Gasteiger partial charge in [-0.1, -0.05) is 6.08 Å². The summed E-state index contributed by atoms with van der Waals surface area (Å²) < 4.78 is 16.2. The van der Waals surface area contributed by atoms with Gasteiger partial charge in [0.05, 0.1) is 19.8 Å². The van der Waals surface area contributed by atoms with Crippen LogP contribution >= 0.6 is 12.2 Å². The van der Waals surface area contributed by atoms with Crippen LogP contribution in [0, 0.1) is 0 Å². The molecular formula is C10H15NO5S. The average Bonchev–Trinajstić information content (AvgIpc) is 2.74. The molecule has 0 aromatic rings. The van der Waals surface area contributed by atoms with E-state index < -0.39 is 24.0 Å². The molecular weight excluding hydrogens is 246 g/mol. The van der Waals surface area contributed by atoms with Crippen LogP contribution < -0.4 is 5.32 Å². The highest BCUT2D eigenvalue weighted by molar-refractivity contribution is 7.80. The minimum absolute atomic E-state index is 0.150. The Labute approximate surface area is 104 Å². The Hall–Kier alpha value is -0.730. The van der Waals surface area contributed by atoms with Crippen molar-refractivity contribution in [1.29, 1.82) is 0 Å². The summed E-state index contributed by atoms with van der Waals surface area (Å²) in [4.78, 5) is 0. The van der Waals surface area contributed by atoms with E-state index in [9.17, 15) is 5.11 Å². The van der Waals surface area contributed by atoms with E-state index in [0.29, 0.717) is 6.61 Å². The molecule has 7 heteroatoms. The number of fused-ring (bicyclic) bond motifs is 1. The van der Waals surface area contributed by atoms with Gasteiger partial charge in [0.25, 0.3) is 5.17 Å². The van der Waals surface area contributed by atoms with Gasteiger partial charge in [0.2, 0.25) is 5.72 Å². The second kappa shape index (κ2) is 4.87. The highest BCUT2D eigenvalue weighted by Crippen LogP contribution is 2.35. The molecule has 17 heavy (non-hydrogen) atoms. The Balaban J connectivity index is 2.10. The van der Waals surface area contributed by atoms with Crippen molar-refractivity contribution in [3.05, 3.63) is 12.7 Å². The molecule has 0 bridgehead atoms. The Bertz CT molecular complexity index is 326. The molecule has 4 atom stereocenters. The molecule has 0 aromatic carbocycles. The second-order valence-corrected chi connectivity index (χ2v) is 4.34. The van der Waals surface area contributed by atoms with Crippen LogP contribution in [0.15, 0.2) is 12.7 Å². The number of aliphatic hydroxyl groups is 2. The summed E-state index contributed by atoms with van der Waals surface area (Å²) in [5.41, 5.74) is -1.02. The van der Waals surface area contributed by atoms with Crippen LogP contribution in [0.25, 0.3) is 0 Å². The van der Waals surface area contributed by atoms with Crippen molar-refractivity contribution in [2.24, 2.45) is 0 Å². The highest BCUT2D eigenvalue weighted by atomic mass is 32.1. The summed E-state index contributed by atoms with van der Waals surface area (Å²) in [5, 5.41) is 22.0. The fraction of sp³-hybridized carbons (Fsp3) is 0.700. The molecule has 0 spiro atoms. The smallest absolute Gasteiger partial charge is 0.259 e. The first-order valence-corrected chi connectivity index (χ1v) is 5.68. The Morgan fingerprint density at radius 1 is 1.65 bits per heavy atom. The molecule has 96 valence electrons. The number of aliphatic hydroxyl groups excluding tert-OH is 2. The molecule has 0 saturated carbocycles. The largest absolute Gasteiger partial charge is 0.460 e. The third-order valence-electron chi connectivity index (χ3n) is 2.79. The molecule has 0 aliphatic carbocycles. The number of nitrogens with one attached hydrogen (secondary N) is 1. The van der Waals surface area contributed by atoms with E-state index in [1.54, 1.807) is 6.08 Å². The first-order chi connectivity index (χ1) is 8.13. The van der Waals surface area contributed by atoms with Gasteiger partial charge in [-0.25, -0.2) is 0 Å². The van der Waals surface area contributed by atoms with Crippen LogP contribution in [0.4, 0.5) is 0 Å². The number of hydrogen-bond acceptors (Lipinski definition) is 6. The molecule has 2 aliphatic heterocycles. The summed E-state index contributed by atoms with van der Waals surface area (Å²) in [7, 11) is 0. The quantitative estimate of drug-likeness (QED) is 0.330. The van der Waals surface area contributed by atoms with Crippen LogP contribution in [-0.2, 0) is 14.2 Å². The fourth-order valence-corrected chi connectivity index (χ4v) is 2.33. The van der Waals surface area contributed by atoms with Crippen molar-refractivity contribution >= 4 is 17.4 Å². The van der Waals surface area contributed by atoms with Crippen molar-refractivity contribution in [3.8, 4) is 0 Å². The highest BCUT2D eigenvalue weighted by Gasteiger charge is 2.61. The molecule has 3 N–H and O–H groups in total. The predicted octanol–water partition coefficient (Wildman–Crippen LogP) is -1.09. The van der Waals surface area contributed by atoms with E-state index in [0.717, 1.165) is 0 Å². The molecule has 0 aromatic heterocycles. The van der Waals surface area contributed by atoms with E-state index in [-0.39, 0.29) is 18.4 Å². The van der Waals surface area contributed by atoms with Crippen LogP contribution in [0.3, 0.4) is 0 Å². The minimum Gasteiger partial charge on any atom is -0.460 e. The first kappa shape index (κ1) is 12.7. The van der Waals surface area contributed by atoms with E-state index in [1.807, 2.05) is 0 Å². The third kappa shape index (κ3) is 2.16. The molecule has 6 nitrogen and oxygen atoms in total. The maximum atomic E-state index is 9.91. The number of hydrogen-bond donors (Lipinski definition) is 3. The monoisotopic (exact) mass is 261 g/mol. The lowest BCUT2D eigenvalue weighted by Crippen LogP contribution is -2.52. The standard InChI is InChI=1S/C10H15NO5S/c1-2-3-14-5-10-8(15-9(17)11-10)7(13)6(4-12)16-10/h2,6-8,12-13H,1,3-5H2,(H,11,17)/t6-,7+,8-,10+/m0/s1. The minimum atomic E-state index is -1.02. The van der Waals surface area contributed by atoms with Crippen molar-refractivity contribution in [3.63, 3.8) is 0 Å². The van der Waals surface area contributed by atoms with E-state index in [1.165, 1.54) is 0 Å². The van der Waals surface area contributed by atoms with Crippen LogP contribution in [0.5, 0.6) is 0 Å². The predicted molar refractivity (Wildman–Crippen MR) is 62.3 cm³/mol. The summed E-state index contributed by atoms with van der Waals surface area (Å²) in [6, 6.07) is 0. The van der Waals surface area contributed by atoms with Crippen molar-refractivity contribution in [1.82, 2.24) is 5.32 Å². The topological polar surface area (TPSA) is 80.2 Å². The van der Waals surface area contributed by atoms with Gasteiger partial charge in [-0.05, 0) is 12.2 Å². The van der Waals surface area contributed by atoms with Crippen molar-refractivity contribution in [2.75, 3.05) is 19.8 Å². The molecule has 0 radical (unpaired) electrons. The molecule has 2 rings (SSSR count). The van der Waals surface area contributed by atoms with Gasteiger partial charge in [0.15, 0.2) is 6.10 Å². The van der Waals surface area contributed by atoms with Gasteiger partial charge in [-0.2, -0.15) is 0 Å². The number of thiocarbonyl (C=S) groups is 1. The van der Waals surface area contributed by atoms with E-state index in [4.69, 9.17) is 31.5 Å².